The van der Waals surface area contributed by atoms with Crippen molar-refractivity contribution in [3.63, 3.8) is 0 Å². The molecule has 0 aliphatic carbocycles. The summed E-state index contributed by atoms with van der Waals surface area (Å²) in [6, 6.07) is 11.0. The molecule has 0 spiro atoms. The van der Waals surface area contributed by atoms with Gasteiger partial charge in [-0.1, -0.05) is 35.3 Å². The maximum atomic E-state index is 12.6. The average molecular weight is 399 g/mol. The lowest BCUT2D eigenvalue weighted by Crippen LogP contribution is -2.49. The van der Waals surface area contributed by atoms with Crippen LogP contribution < -0.4 is 10.6 Å². The van der Waals surface area contributed by atoms with Gasteiger partial charge in [0.2, 0.25) is 5.91 Å². The Hall–Kier alpha value is -2.47. The van der Waals surface area contributed by atoms with E-state index in [1.165, 1.54) is 0 Å². The fourth-order valence-electron chi connectivity index (χ4n) is 3.84. The Kier molecular flexibility index (Phi) is 3.90. The third kappa shape index (κ3) is 2.79. The molecule has 7 heteroatoms. The predicted molar refractivity (Wildman–Crippen MR) is 108 cm³/mol. The Labute approximate surface area is 165 Å². The van der Waals surface area contributed by atoms with E-state index < -0.39 is 6.04 Å². The highest BCUT2D eigenvalue weighted by Gasteiger charge is 2.32. The number of hydrogen-bond acceptors (Lipinski definition) is 2. The second-order valence-corrected chi connectivity index (χ2v) is 7.64. The van der Waals surface area contributed by atoms with Gasteiger partial charge in [0.05, 0.1) is 6.04 Å². The average Bonchev–Trinajstić information content (AvgIpc) is 3.25. The monoisotopic (exact) mass is 398 g/mol. The van der Waals surface area contributed by atoms with Crippen LogP contribution in [0.15, 0.2) is 48.8 Å². The molecule has 136 valence electrons. The highest BCUT2D eigenvalue weighted by molar-refractivity contribution is 6.31. The van der Waals surface area contributed by atoms with Crippen LogP contribution in [-0.4, -0.2) is 22.4 Å². The number of aromatic nitrogens is 2. The lowest BCUT2D eigenvalue weighted by Gasteiger charge is -2.31. The molecule has 0 saturated carbocycles. The fourth-order valence-corrected chi connectivity index (χ4v) is 4.18. The van der Waals surface area contributed by atoms with Gasteiger partial charge in [0.15, 0.2) is 0 Å². The van der Waals surface area contributed by atoms with Gasteiger partial charge in [-0.2, -0.15) is 0 Å². The summed E-state index contributed by atoms with van der Waals surface area (Å²) >= 11 is 12.2. The highest BCUT2D eigenvalue weighted by atomic mass is 35.5. The SMILES string of the molecule is O=C1NCC(c2c[nH]c3cc(Cl)ccc23)NC1c1c[nH]c2cc(Cl)ccc12. The van der Waals surface area contributed by atoms with E-state index in [1.807, 2.05) is 48.8 Å². The molecule has 2 aromatic carbocycles. The molecule has 0 bridgehead atoms. The molecule has 1 amide bonds. The van der Waals surface area contributed by atoms with Crippen molar-refractivity contribution in [3.05, 3.63) is 70.0 Å². The lowest BCUT2D eigenvalue weighted by atomic mass is 9.97. The van der Waals surface area contributed by atoms with Crippen molar-refractivity contribution in [1.29, 1.82) is 0 Å². The molecule has 5 rings (SSSR count). The van der Waals surface area contributed by atoms with Gasteiger partial charge in [-0.15, -0.1) is 0 Å². The van der Waals surface area contributed by atoms with Gasteiger partial charge in [0.25, 0.3) is 0 Å². The number of halogens is 2. The number of piperazine rings is 1. The van der Waals surface area contributed by atoms with Gasteiger partial charge in [0.1, 0.15) is 6.04 Å². The summed E-state index contributed by atoms with van der Waals surface area (Å²) in [4.78, 5) is 19.1. The van der Waals surface area contributed by atoms with Crippen LogP contribution in [0, 0.1) is 0 Å². The minimum absolute atomic E-state index is 0.0140. The van der Waals surface area contributed by atoms with Crippen molar-refractivity contribution in [2.24, 2.45) is 0 Å². The molecule has 27 heavy (non-hydrogen) atoms. The number of benzene rings is 2. The fraction of sp³-hybridized carbons (Fsp3) is 0.150. The molecule has 0 radical (unpaired) electrons. The molecule has 2 aromatic heterocycles. The summed E-state index contributed by atoms with van der Waals surface area (Å²) < 4.78 is 0. The van der Waals surface area contributed by atoms with Gasteiger partial charge >= 0.3 is 0 Å². The summed E-state index contributed by atoms with van der Waals surface area (Å²) in [6.45, 7) is 0.527. The second kappa shape index (κ2) is 6.30. The Bertz CT molecular complexity index is 1180. The van der Waals surface area contributed by atoms with Crippen LogP contribution in [0.4, 0.5) is 0 Å². The summed E-state index contributed by atoms with van der Waals surface area (Å²) in [5, 5.41) is 9.96. The zero-order valence-electron chi connectivity index (χ0n) is 14.1. The first-order valence-corrected chi connectivity index (χ1v) is 9.42. The molecule has 1 aliphatic rings. The molecule has 4 N–H and O–H groups in total. The van der Waals surface area contributed by atoms with Crippen LogP contribution in [0.25, 0.3) is 21.8 Å². The van der Waals surface area contributed by atoms with Gasteiger partial charge in [-0.05, 0) is 29.8 Å². The number of aromatic amines is 2. The Balaban J connectivity index is 1.53. The smallest absolute Gasteiger partial charge is 0.241 e. The Morgan fingerprint density at radius 1 is 0.852 bits per heavy atom. The van der Waals surface area contributed by atoms with E-state index in [9.17, 15) is 4.79 Å². The van der Waals surface area contributed by atoms with E-state index >= 15 is 0 Å². The molecule has 5 nitrogen and oxygen atoms in total. The summed E-state index contributed by atoms with van der Waals surface area (Å²) in [7, 11) is 0. The highest BCUT2D eigenvalue weighted by Crippen LogP contribution is 2.33. The van der Waals surface area contributed by atoms with Crippen molar-refractivity contribution in [2.45, 2.75) is 12.1 Å². The molecule has 2 unspecified atom stereocenters. The number of carbonyl (C=O) groups excluding carboxylic acids is 1. The zero-order valence-corrected chi connectivity index (χ0v) is 15.7. The minimum atomic E-state index is -0.448. The van der Waals surface area contributed by atoms with E-state index in [1.54, 1.807) is 0 Å². The van der Waals surface area contributed by atoms with Crippen LogP contribution in [0.3, 0.4) is 0 Å². The maximum Gasteiger partial charge on any atom is 0.241 e. The zero-order chi connectivity index (χ0) is 18.5. The normalized spacial score (nSPS) is 20.3. The largest absolute Gasteiger partial charge is 0.361 e. The first kappa shape index (κ1) is 16.7. The third-order valence-electron chi connectivity index (χ3n) is 5.15. The van der Waals surface area contributed by atoms with Gasteiger partial charge in [0, 0.05) is 56.4 Å². The number of carbonyl (C=O) groups is 1. The second-order valence-electron chi connectivity index (χ2n) is 6.77. The van der Waals surface area contributed by atoms with E-state index in [4.69, 9.17) is 23.2 Å². The summed E-state index contributed by atoms with van der Waals surface area (Å²) in [6.07, 6.45) is 3.85. The van der Waals surface area contributed by atoms with Crippen LogP contribution in [0.2, 0.25) is 10.0 Å². The Morgan fingerprint density at radius 3 is 2.11 bits per heavy atom. The van der Waals surface area contributed by atoms with Crippen LogP contribution in [0.1, 0.15) is 23.2 Å². The molecule has 4 aromatic rings. The maximum absolute atomic E-state index is 12.6. The summed E-state index contributed by atoms with van der Waals surface area (Å²) in [5.41, 5.74) is 3.91. The van der Waals surface area contributed by atoms with E-state index in [2.05, 4.69) is 20.6 Å². The number of nitrogens with one attached hydrogen (secondary N) is 4. The first-order valence-electron chi connectivity index (χ1n) is 8.67. The molecule has 1 aliphatic heterocycles. The van der Waals surface area contributed by atoms with E-state index in [-0.39, 0.29) is 11.9 Å². The van der Waals surface area contributed by atoms with E-state index in [0.717, 1.165) is 32.9 Å². The molecular weight excluding hydrogens is 383 g/mol. The minimum Gasteiger partial charge on any atom is -0.361 e. The van der Waals surface area contributed by atoms with E-state index in [0.29, 0.717) is 16.6 Å². The molecular formula is C20H16Cl2N4O. The van der Waals surface area contributed by atoms with Gasteiger partial charge in [-0.25, -0.2) is 0 Å². The number of fused-ring (bicyclic) bond motifs is 2. The molecule has 1 fully saturated rings. The van der Waals surface area contributed by atoms with Crippen molar-refractivity contribution >= 4 is 50.9 Å². The van der Waals surface area contributed by atoms with Crippen molar-refractivity contribution in [3.8, 4) is 0 Å². The first-order chi connectivity index (χ1) is 13.1. The number of rotatable bonds is 2. The number of amides is 1. The number of H-pyrrole nitrogens is 2. The van der Waals surface area contributed by atoms with Crippen LogP contribution in [-0.2, 0) is 4.79 Å². The number of hydrogen-bond donors (Lipinski definition) is 4. The standard InChI is InChI=1S/C20H16Cl2N4O/c21-10-1-3-12-14(7-23-16(12)5-10)18-9-25-20(27)19(26-18)15-8-24-17-6-11(22)2-4-13(15)17/h1-8,18-19,23-24,26H,9H2,(H,25,27). The summed E-state index contributed by atoms with van der Waals surface area (Å²) in [5.74, 6) is -0.0371. The van der Waals surface area contributed by atoms with Gasteiger partial charge in [-0.3, -0.25) is 10.1 Å². The van der Waals surface area contributed by atoms with Crippen LogP contribution in [0.5, 0.6) is 0 Å². The van der Waals surface area contributed by atoms with Crippen LogP contribution >= 0.6 is 23.2 Å². The van der Waals surface area contributed by atoms with Crippen molar-refractivity contribution in [2.75, 3.05) is 6.54 Å². The predicted octanol–water partition coefficient (Wildman–Crippen LogP) is 4.46. The molecule has 1 saturated heterocycles. The Morgan fingerprint density at radius 2 is 1.44 bits per heavy atom. The lowest BCUT2D eigenvalue weighted by molar-refractivity contribution is -0.125. The quantitative estimate of drug-likeness (QED) is 0.402. The molecule has 2 atom stereocenters. The molecule has 3 heterocycles. The van der Waals surface area contributed by atoms with Crippen molar-refractivity contribution in [1.82, 2.24) is 20.6 Å². The van der Waals surface area contributed by atoms with Crippen molar-refractivity contribution < 1.29 is 4.79 Å². The topological polar surface area (TPSA) is 72.7 Å². The van der Waals surface area contributed by atoms with Gasteiger partial charge < -0.3 is 15.3 Å². The third-order valence-corrected chi connectivity index (χ3v) is 5.62.